The summed E-state index contributed by atoms with van der Waals surface area (Å²) in [5, 5.41) is 114. The van der Waals surface area contributed by atoms with Crippen LogP contribution in [-0.2, 0) is 112 Å². The quantitative estimate of drug-likeness (QED) is 0.00985. The van der Waals surface area contributed by atoms with Crippen LogP contribution in [0.4, 0.5) is 0 Å². The number of allylic oxidation sites excluding steroid dienone is 6. The average molecular weight is 1730 g/mol. The molecule has 129 heavy (non-hydrogen) atoms. The van der Waals surface area contributed by atoms with Gasteiger partial charge in [-0.3, -0.25) is 28.8 Å². The summed E-state index contributed by atoms with van der Waals surface area (Å²) in [7, 11) is 0. The normalized spacial score (nSPS) is 11.5. The van der Waals surface area contributed by atoms with E-state index in [9.17, 15) is 88.2 Å². The Morgan fingerprint density at radius 2 is 0.333 bits per heavy atom. The molecule has 0 spiro atoms. The maximum absolute atomic E-state index is 12.3. The minimum absolute atomic E-state index is 0.00846. The van der Waals surface area contributed by atoms with Crippen LogP contribution < -0.4 is 0 Å². The Bertz CT molecular complexity index is 5930. The molecular weight excluding hydrogens is 1650 g/mol. The van der Waals surface area contributed by atoms with Crippen molar-refractivity contribution in [2.75, 3.05) is 0 Å². The summed E-state index contributed by atoms with van der Waals surface area (Å²) >= 11 is 0. The van der Waals surface area contributed by atoms with Gasteiger partial charge in [0.05, 0.1) is 16.2 Å². The lowest BCUT2D eigenvalue weighted by atomic mass is 9.64. The summed E-state index contributed by atoms with van der Waals surface area (Å²) < 4.78 is 0. The predicted molar refractivity (Wildman–Crippen MR) is 477 cm³/mol. The summed E-state index contributed by atoms with van der Waals surface area (Å²) in [4.78, 5) is 138. The van der Waals surface area contributed by atoms with Gasteiger partial charge >= 0.3 is 35.8 Å². The van der Waals surface area contributed by atoms with Crippen molar-refractivity contribution in [1.29, 1.82) is 0 Å². The highest BCUT2D eigenvalue weighted by Gasteiger charge is 2.42. The number of rotatable bonds is 36. The molecule has 12 aromatic carbocycles. The van der Waals surface area contributed by atoms with E-state index in [0.717, 1.165) is 129 Å². The van der Waals surface area contributed by atoms with Crippen LogP contribution in [0, 0.1) is 0 Å². The van der Waals surface area contributed by atoms with Crippen LogP contribution >= 0.6 is 0 Å². The zero-order valence-electron chi connectivity index (χ0n) is 68.6. The van der Waals surface area contributed by atoms with Gasteiger partial charge in [-0.05, 0) is 185 Å². The number of ketones is 6. The number of carbonyl (C=O) groups is 12. The minimum atomic E-state index is -1.31. The van der Waals surface area contributed by atoms with E-state index in [1.807, 2.05) is 109 Å². The van der Waals surface area contributed by atoms with Crippen LogP contribution in [0.1, 0.15) is 100 Å². The highest BCUT2D eigenvalue weighted by Crippen LogP contribution is 2.51. The van der Waals surface area contributed by atoms with Gasteiger partial charge in [-0.15, -0.1) is 0 Å². The number of carboxylic acids is 6. The number of hydrogen-bond donors (Lipinski definition) is 12. The first kappa shape index (κ1) is 94.0. The molecule has 648 valence electrons. The fourth-order valence-electron chi connectivity index (χ4n) is 15.1. The first-order chi connectivity index (χ1) is 61.7. The topological polar surface area (TPSA) is 448 Å². The minimum Gasteiger partial charge on any atom is -0.508 e. The molecule has 0 amide bonds. The van der Waals surface area contributed by atoms with E-state index in [0.29, 0.717) is 44.5 Å². The van der Waals surface area contributed by atoms with E-state index >= 15 is 0 Å². The standard InChI is InChI=1S/C35H28O10.C35H28O8.C35H28O6/c36-27-11-9-25(10-12-27)35(26-19-30(39)34(45)31(40)20-26,23-5-1-21(2-6-23)17-28(37)13-15-32(41)42)24-7-3-22(4-8-24)18-29(38)14-16-33(43)44;36-29-13-9-27(10-14-29)35(28-11-15-30(37)16-12-28,25-5-1-23(2-6-25)21-31(38)17-19-33(40)41)26-7-3-24(4-8-26)22-32(39)18-20-34(42)43;36-31(19-21-33(38)39)23-25-11-15-29(16-12-25)35(27-7-3-1-4-8-27,28-9-5-2-6-10-28)30-17-13-26(14-18-30)24-32(37)20-22-34(40)41/h1-16,19-20,36,39-40,45H,17-18H2,(H,41,42)(H,43,44);1-20,36-37H,21-22H2,(H,40,41)(H,42,43);1-22H,23-24H2,(H,38,39)(H,40,41)/b15-13+,16-14+;19-17+,20-18+;21-19+,22-20+. The molecule has 0 unspecified atom stereocenters. The monoisotopic (exact) mass is 1730 g/mol. The van der Waals surface area contributed by atoms with Gasteiger partial charge in [-0.1, -0.05) is 243 Å². The number of carboxylic acid groups (broad SMARTS) is 6. The van der Waals surface area contributed by atoms with Gasteiger partial charge in [0, 0.05) is 75.0 Å². The van der Waals surface area contributed by atoms with E-state index in [1.165, 1.54) is 24.3 Å². The zero-order valence-corrected chi connectivity index (χ0v) is 68.6. The number of phenols is 6. The summed E-state index contributed by atoms with van der Waals surface area (Å²) in [6.45, 7) is 0. The zero-order chi connectivity index (χ0) is 93.0. The average Bonchev–Trinajstić information content (AvgIpc) is 0.732. The van der Waals surface area contributed by atoms with Crippen molar-refractivity contribution >= 4 is 70.5 Å². The third-order valence-electron chi connectivity index (χ3n) is 20.9. The second kappa shape index (κ2) is 43.7. The molecule has 0 aliphatic carbocycles. The van der Waals surface area contributed by atoms with Gasteiger partial charge in [0.25, 0.3) is 0 Å². The van der Waals surface area contributed by atoms with Crippen molar-refractivity contribution in [3.63, 3.8) is 0 Å². The highest BCUT2D eigenvalue weighted by atomic mass is 16.4. The maximum atomic E-state index is 12.3. The largest absolute Gasteiger partial charge is 0.508 e. The molecule has 0 saturated heterocycles. The smallest absolute Gasteiger partial charge is 0.328 e. The van der Waals surface area contributed by atoms with Gasteiger partial charge < -0.3 is 61.3 Å². The third kappa shape index (κ3) is 24.6. The fraction of sp³-hybridized carbons (Fsp3) is 0.0857. The molecule has 0 aromatic heterocycles. The second-order valence-corrected chi connectivity index (χ2v) is 29.6. The van der Waals surface area contributed by atoms with Crippen molar-refractivity contribution in [2.45, 2.75) is 54.8 Å². The second-order valence-electron chi connectivity index (χ2n) is 29.6. The van der Waals surface area contributed by atoms with Crippen LogP contribution in [0.5, 0.6) is 34.5 Å². The van der Waals surface area contributed by atoms with Crippen LogP contribution in [-0.4, -0.2) is 132 Å². The fourth-order valence-corrected chi connectivity index (χ4v) is 15.1. The van der Waals surface area contributed by atoms with Gasteiger partial charge in [-0.2, -0.15) is 0 Å². The molecule has 12 aromatic rings. The molecule has 0 aliphatic heterocycles. The molecule has 0 fully saturated rings. The Balaban J connectivity index is 0.000000202. The number of benzene rings is 12. The van der Waals surface area contributed by atoms with Crippen molar-refractivity contribution < 1.29 is 119 Å². The molecule has 12 N–H and O–H groups in total. The summed E-state index contributed by atoms with van der Waals surface area (Å²) in [5.41, 5.74) is 10.2. The lowest BCUT2D eigenvalue weighted by Crippen LogP contribution is -2.31. The van der Waals surface area contributed by atoms with Crippen molar-refractivity contribution in [3.05, 3.63) is 464 Å². The summed E-state index contributed by atoms with van der Waals surface area (Å²) in [6.07, 6.45) is 11.0. The first-order valence-corrected chi connectivity index (χ1v) is 39.7. The van der Waals surface area contributed by atoms with Gasteiger partial charge in [0.15, 0.2) is 51.9 Å². The van der Waals surface area contributed by atoms with E-state index in [1.54, 1.807) is 133 Å². The Hall–Kier alpha value is -17.3. The lowest BCUT2D eigenvalue weighted by molar-refractivity contribution is -0.132. The lowest BCUT2D eigenvalue weighted by Gasteiger charge is -2.37. The highest BCUT2D eigenvalue weighted by molar-refractivity contribution is 6.00. The van der Waals surface area contributed by atoms with E-state index in [4.69, 9.17) is 30.6 Å². The number of aliphatic carboxylic acids is 6. The number of aromatic hydroxyl groups is 6. The molecule has 0 atom stereocenters. The van der Waals surface area contributed by atoms with Crippen LogP contribution in [0.2, 0.25) is 0 Å². The maximum Gasteiger partial charge on any atom is 0.328 e. The Morgan fingerprint density at radius 3 is 0.496 bits per heavy atom. The van der Waals surface area contributed by atoms with Crippen molar-refractivity contribution in [3.8, 4) is 34.5 Å². The molecule has 0 radical (unpaired) electrons. The number of phenolic OH excluding ortho intramolecular Hbond substituents is 6. The van der Waals surface area contributed by atoms with E-state index in [-0.39, 0.29) is 78.9 Å². The Labute approximate surface area is 738 Å². The predicted octanol–water partition coefficient (Wildman–Crippen LogP) is 15.0. The van der Waals surface area contributed by atoms with Gasteiger partial charge in [0.2, 0.25) is 0 Å². The summed E-state index contributed by atoms with van der Waals surface area (Å²) in [6, 6.07) is 86.2. The third-order valence-corrected chi connectivity index (χ3v) is 20.9. The molecular formula is C105H84O24. The first-order valence-electron chi connectivity index (χ1n) is 39.7. The molecule has 0 heterocycles. The molecule has 0 aliphatic rings. The molecule has 0 saturated carbocycles. The molecule has 0 bridgehead atoms. The molecule has 24 nitrogen and oxygen atoms in total. The molecule has 12 rings (SSSR count). The van der Waals surface area contributed by atoms with E-state index in [2.05, 4.69) is 24.3 Å². The van der Waals surface area contributed by atoms with E-state index < -0.39 is 80.9 Å². The van der Waals surface area contributed by atoms with Crippen LogP contribution in [0.25, 0.3) is 0 Å². The van der Waals surface area contributed by atoms with Crippen molar-refractivity contribution in [1.82, 2.24) is 0 Å². The SMILES string of the molecule is O=C(O)/C=C/C(=O)Cc1ccc(C(c2ccc(O)cc2)(c2ccc(CC(=O)/C=C/C(=O)O)cc2)c2cc(O)c(O)c(O)c2)cc1.O=C(O)/C=C/C(=O)Cc1ccc(C(c2ccc(O)cc2)(c2ccc(O)cc2)c2ccc(CC(=O)/C=C/C(=O)O)cc2)cc1.O=C(O)/C=C/C(=O)Cc1ccc(C(c2ccccc2)(c2ccccc2)c2ccc(CC(=O)/C=C/C(=O)O)cc2)cc1. The molecule has 24 heteroatoms. The number of carbonyl (C=O) groups excluding carboxylic acids is 6. The van der Waals surface area contributed by atoms with Gasteiger partial charge in [-0.25, -0.2) is 28.8 Å². The Kier molecular flexibility index (Phi) is 31.8. The Morgan fingerprint density at radius 1 is 0.186 bits per heavy atom. The summed E-state index contributed by atoms with van der Waals surface area (Å²) in [5.74, 6) is -11.2. The van der Waals surface area contributed by atoms with Crippen LogP contribution in [0.15, 0.2) is 364 Å². The van der Waals surface area contributed by atoms with Gasteiger partial charge in [0.1, 0.15) is 17.2 Å². The number of hydrogen-bond acceptors (Lipinski definition) is 18. The van der Waals surface area contributed by atoms with Crippen LogP contribution in [0.3, 0.4) is 0 Å². The van der Waals surface area contributed by atoms with Crippen molar-refractivity contribution in [2.24, 2.45) is 0 Å².